The van der Waals surface area contributed by atoms with E-state index in [-0.39, 0.29) is 5.56 Å². The van der Waals surface area contributed by atoms with Crippen LogP contribution in [0.1, 0.15) is 21.6 Å². The van der Waals surface area contributed by atoms with Gasteiger partial charge in [0.1, 0.15) is 0 Å². The second kappa shape index (κ2) is 4.97. The molecule has 3 nitrogen and oxygen atoms in total. The van der Waals surface area contributed by atoms with Crippen LogP contribution in [0.5, 0.6) is 0 Å². The molecule has 0 saturated carbocycles. The van der Waals surface area contributed by atoms with Crippen molar-refractivity contribution in [3.8, 4) is 0 Å². The van der Waals surface area contributed by atoms with Gasteiger partial charge in [0.25, 0.3) is 0 Å². The number of benzene rings is 1. The van der Waals surface area contributed by atoms with E-state index in [2.05, 4.69) is 9.97 Å². The lowest BCUT2D eigenvalue weighted by Crippen LogP contribution is -2.17. The van der Waals surface area contributed by atoms with Crippen molar-refractivity contribution in [2.45, 2.75) is 6.18 Å². The number of nitrogens with zero attached hydrogens (tertiary/aromatic N) is 2. The van der Waals surface area contributed by atoms with Crippen molar-refractivity contribution in [1.29, 1.82) is 0 Å². The molecule has 19 heavy (non-hydrogen) atoms. The number of ketones is 1. The predicted molar refractivity (Wildman–Crippen MR) is 61.9 cm³/mol. The van der Waals surface area contributed by atoms with Gasteiger partial charge in [-0.3, -0.25) is 4.79 Å². The summed E-state index contributed by atoms with van der Waals surface area (Å²) in [7, 11) is 0. The van der Waals surface area contributed by atoms with Gasteiger partial charge in [-0.25, -0.2) is 9.97 Å². The number of carbonyl (C=O) groups excluding carboxylic acids is 1. The molecular weight excluding hydrogens is 281 g/mol. The third-order valence-electron chi connectivity index (χ3n) is 2.31. The Kier molecular flexibility index (Phi) is 3.53. The molecule has 0 aliphatic rings. The van der Waals surface area contributed by atoms with E-state index in [0.29, 0.717) is 0 Å². The van der Waals surface area contributed by atoms with E-state index in [0.717, 1.165) is 6.20 Å². The fraction of sp³-hybridized carbons (Fsp3) is 0.0833. The Morgan fingerprint density at radius 1 is 1.16 bits per heavy atom. The topological polar surface area (TPSA) is 42.9 Å². The molecule has 0 atom stereocenters. The number of halogens is 4. The molecule has 0 unspecified atom stereocenters. The number of alkyl halides is 3. The third kappa shape index (κ3) is 2.90. The quantitative estimate of drug-likeness (QED) is 0.628. The Bertz CT molecular complexity index is 614. The van der Waals surface area contributed by atoms with Gasteiger partial charge in [-0.2, -0.15) is 13.2 Å². The van der Waals surface area contributed by atoms with Crippen LogP contribution in [0.3, 0.4) is 0 Å². The summed E-state index contributed by atoms with van der Waals surface area (Å²) in [5, 5.41) is -0.558. The Morgan fingerprint density at radius 3 is 2.37 bits per heavy atom. The first-order valence-electron chi connectivity index (χ1n) is 5.09. The molecule has 0 amide bonds. The summed E-state index contributed by atoms with van der Waals surface area (Å²) in [4.78, 5) is 18.5. The maximum Gasteiger partial charge on any atom is 0.434 e. The number of aromatic nitrogens is 2. The van der Waals surface area contributed by atoms with Gasteiger partial charge in [-0.15, -0.1) is 0 Å². The SMILES string of the molecule is O=C(c1ccccc1)c1cnc(Cl)nc1C(F)(F)F. The Labute approximate surface area is 111 Å². The lowest BCUT2D eigenvalue weighted by molar-refractivity contribution is -0.141. The van der Waals surface area contributed by atoms with Crippen LogP contribution in [0.15, 0.2) is 36.5 Å². The lowest BCUT2D eigenvalue weighted by atomic mass is 10.0. The van der Waals surface area contributed by atoms with E-state index in [9.17, 15) is 18.0 Å². The zero-order valence-electron chi connectivity index (χ0n) is 9.28. The van der Waals surface area contributed by atoms with Crippen LogP contribution in [-0.2, 0) is 6.18 Å². The molecule has 1 aromatic heterocycles. The van der Waals surface area contributed by atoms with E-state index < -0.39 is 28.5 Å². The van der Waals surface area contributed by atoms with Crippen molar-refractivity contribution in [3.63, 3.8) is 0 Å². The average molecular weight is 287 g/mol. The first-order chi connectivity index (χ1) is 8.89. The number of rotatable bonds is 2. The molecule has 0 aliphatic heterocycles. The van der Waals surface area contributed by atoms with Crippen molar-refractivity contribution in [2.24, 2.45) is 0 Å². The minimum absolute atomic E-state index is 0.124. The van der Waals surface area contributed by atoms with Crippen molar-refractivity contribution >= 4 is 17.4 Å². The minimum atomic E-state index is -4.77. The van der Waals surface area contributed by atoms with Gasteiger partial charge in [0, 0.05) is 11.8 Å². The smallest absolute Gasteiger partial charge is 0.288 e. The molecule has 0 aliphatic carbocycles. The summed E-state index contributed by atoms with van der Waals surface area (Å²) < 4.78 is 38.4. The van der Waals surface area contributed by atoms with Crippen LogP contribution in [0.25, 0.3) is 0 Å². The molecular formula is C12H6ClF3N2O. The van der Waals surface area contributed by atoms with Gasteiger partial charge >= 0.3 is 6.18 Å². The predicted octanol–water partition coefficient (Wildman–Crippen LogP) is 3.38. The molecule has 0 saturated heterocycles. The van der Waals surface area contributed by atoms with Gasteiger partial charge in [0.05, 0.1) is 5.56 Å². The highest BCUT2D eigenvalue weighted by molar-refractivity contribution is 6.28. The third-order valence-corrected chi connectivity index (χ3v) is 2.49. The largest absolute Gasteiger partial charge is 0.434 e. The maximum atomic E-state index is 12.8. The molecule has 0 N–H and O–H groups in total. The number of carbonyl (C=O) groups is 1. The summed E-state index contributed by atoms with van der Waals surface area (Å²) >= 11 is 5.34. The Balaban J connectivity index is 2.54. The molecule has 1 aromatic carbocycles. The normalized spacial score (nSPS) is 11.4. The molecule has 7 heteroatoms. The highest BCUT2D eigenvalue weighted by Gasteiger charge is 2.38. The van der Waals surface area contributed by atoms with Crippen LogP contribution in [0, 0.1) is 0 Å². The zero-order chi connectivity index (χ0) is 14.0. The van der Waals surface area contributed by atoms with Crippen LogP contribution in [0.4, 0.5) is 13.2 Å². The molecule has 1 heterocycles. The minimum Gasteiger partial charge on any atom is -0.288 e. The standard InChI is InChI=1S/C12H6ClF3N2O/c13-11-17-6-8(10(18-11)12(14,15)16)9(19)7-4-2-1-3-5-7/h1-6H. The van der Waals surface area contributed by atoms with Crippen LogP contribution < -0.4 is 0 Å². The number of hydrogen-bond donors (Lipinski definition) is 0. The van der Waals surface area contributed by atoms with Crippen molar-refractivity contribution in [3.05, 3.63) is 58.6 Å². The van der Waals surface area contributed by atoms with E-state index in [1.165, 1.54) is 12.1 Å². The van der Waals surface area contributed by atoms with Crippen molar-refractivity contribution in [2.75, 3.05) is 0 Å². The van der Waals surface area contributed by atoms with Crippen LogP contribution in [-0.4, -0.2) is 15.8 Å². The zero-order valence-corrected chi connectivity index (χ0v) is 10.0. The summed E-state index contributed by atoms with van der Waals surface area (Å²) in [6.07, 6.45) is -3.99. The van der Waals surface area contributed by atoms with Gasteiger partial charge in [-0.05, 0) is 11.6 Å². The molecule has 0 fully saturated rings. The van der Waals surface area contributed by atoms with Crippen LogP contribution in [0.2, 0.25) is 5.28 Å². The van der Waals surface area contributed by atoms with E-state index >= 15 is 0 Å². The van der Waals surface area contributed by atoms with E-state index in [1.54, 1.807) is 18.2 Å². The summed E-state index contributed by atoms with van der Waals surface area (Å²) in [6.45, 7) is 0. The highest BCUT2D eigenvalue weighted by Crippen LogP contribution is 2.31. The van der Waals surface area contributed by atoms with Gasteiger partial charge in [-0.1, -0.05) is 30.3 Å². The molecule has 0 radical (unpaired) electrons. The average Bonchev–Trinajstić information content (AvgIpc) is 2.38. The molecule has 2 rings (SSSR count). The van der Waals surface area contributed by atoms with Gasteiger partial charge in [0.2, 0.25) is 5.28 Å². The van der Waals surface area contributed by atoms with Crippen molar-refractivity contribution in [1.82, 2.24) is 9.97 Å². The second-order valence-electron chi connectivity index (χ2n) is 3.59. The van der Waals surface area contributed by atoms with Gasteiger partial charge < -0.3 is 0 Å². The fourth-order valence-electron chi connectivity index (χ4n) is 1.49. The summed E-state index contributed by atoms with van der Waals surface area (Å²) in [6, 6.07) is 7.59. The summed E-state index contributed by atoms with van der Waals surface area (Å²) in [5.41, 5.74) is -1.83. The molecule has 2 aromatic rings. The first-order valence-corrected chi connectivity index (χ1v) is 5.47. The highest BCUT2D eigenvalue weighted by atomic mass is 35.5. The fourth-order valence-corrected chi connectivity index (χ4v) is 1.62. The van der Waals surface area contributed by atoms with E-state index in [4.69, 9.17) is 11.6 Å². The van der Waals surface area contributed by atoms with Gasteiger partial charge in [0.15, 0.2) is 11.5 Å². The van der Waals surface area contributed by atoms with E-state index in [1.807, 2.05) is 0 Å². The maximum absolute atomic E-state index is 12.8. The molecule has 0 spiro atoms. The number of hydrogen-bond acceptors (Lipinski definition) is 3. The molecule has 0 bridgehead atoms. The summed E-state index contributed by atoms with van der Waals surface area (Å²) in [5.74, 6) is -0.801. The monoisotopic (exact) mass is 286 g/mol. The van der Waals surface area contributed by atoms with Crippen molar-refractivity contribution < 1.29 is 18.0 Å². The van der Waals surface area contributed by atoms with Crippen LogP contribution >= 0.6 is 11.6 Å². The Morgan fingerprint density at radius 2 is 1.79 bits per heavy atom. The second-order valence-corrected chi connectivity index (χ2v) is 3.93. The molecule has 98 valence electrons. The lowest BCUT2D eigenvalue weighted by Gasteiger charge is -2.10. The first kappa shape index (κ1) is 13.5. The Hall–Kier alpha value is -1.95.